The highest BCUT2D eigenvalue weighted by Gasteiger charge is 2.08. The number of hydrogen-bond donors (Lipinski definition) is 2. The van der Waals surface area contributed by atoms with Gasteiger partial charge < -0.3 is 11.1 Å². The Labute approximate surface area is 97.6 Å². The fraction of sp³-hybridized carbons (Fsp3) is 0.200. The molecule has 0 saturated carbocycles. The summed E-state index contributed by atoms with van der Waals surface area (Å²) in [5, 5.41) is 13.5. The number of benzene rings is 1. The molecule has 0 aliphatic rings. The molecule has 2 aromatic rings. The van der Waals surface area contributed by atoms with Gasteiger partial charge in [-0.05, 0) is 35.5 Å². The van der Waals surface area contributed by atoms with Crippen LogP contribution in [0.1, 0.15) is 6.92 Å². The summed E-state index contributed by atoms with van der Waals surface area (Å²) in [4.78, 5) is 11.4. The maximum atomic E-state index is 11.4. The lowest BCUT2D eigenvalue weighted by Crippen LogP contribution is -2.32. The maximum Gasteiger partial charge on any atom is 0.240 e. The van der Waals surface area contributed by atoms with Gasteiger partial charge in [-0.3, -0.25) is 4.79 Å². The number of rotatable bonds is 3. The Morgan fingerprint density at radius 3 is 3.00 bits per heavy atom. The second kappa shape index (κ2) is 4.71. The first kappa shape index (κ1) is 11.2. The first-order valence-electron chi connectivity index (χ1n) is 5.06. The minimum Gasteiger partial charge on any atom is -0.325 e. The topological polar surface area (TPSA) is 98.7 Å². The Kier molecular flexibility index (Phi) is 3.10. The van der Waals surface area contributed by atoms with Crippen molar-refractivity contribution in [3.8, 4) is 5.69 Å². The third kappa shape index (κ3) is 2.64. The van der Waals surface area contributed by atoms with E-state index in [1.54, 1.807) is 25.1 Å². The van der Waals surface area contributed by atoms with E-state index in [-0.39, 0.29) is 5.91 Å². The maximum absolute atomic E-state index is 11.4. The Morgan fingerprint density at radius 1 is 1.53 bits per heavy atom. The highest BCUT2D eigenvalue weighted by Crippen LogP contribution is 2.13. The highest BCUT2D eigenvalue weighted by atomic mass is 16.2. The molecule has 0 radical (unpaired) electrons. The molecule has 0 aliphatic carbocycles. The average molecular weight is 232 g/mol. The number of aromatic nitrogens is 4. The Balaban J connectivity index is 2.20. The van der Waals surface area contributed by atoms with Crippen molar-refractivity contribution in [2.45, 2.75) is 13.0 Å². The van der Waals surface area contributed by atoms with E-state index in [2.05, 4.69) is 20.8 Å². The van der Waals surface area contributed by atoms with Crippen LogP contribution in [-0.2, 0) is 4.79 Å². The van der Waals surface area contributed by atoms with E-state index in [1.807, 2.05) is 6.07 Å². The second-order valence-corrected chi connectivity index (χ2v) is 3.58. The predicted molar refractivity (Wildman–Crippen MR) is 61.4 cm³/mol. The summed E-state index contributed by atoms with van der Waals surface area (Å²) >= 11 is 0. The number of nitrogens with two attached hydrogens (primary N) is 1. The quantitative estimate of drug-likeness (QED) is 0.772. The van der Waals surface area contributed by atoms with Gasteiger partial charge >= 0.3 is 0 Å². The number of anilines is 1. The lowest BCUT2D eigenvalue weighted by Gasteiger charge is -2.08. The fourth-order valence-corrected chi connectivity index (χ4v) is 1.26. The van der Waals surface area contributed by atoms with Gasteiger partial charge in [0.05, 0.1) is 11.7 Å². The normalized spacial score (nSPS) is 12.1. The zero-order chi connectivity index (χ0) is 12.3. The van der Waals surface area contributed by atoms with Crippen LogP contribution >= 0.6 is 0 Å². The summed E-state index contributed by atoms with van der Waals surface area (Å²) < 4.78 is 1.50. The monoisotopic (exact) mass is 232 g/mol. The van der Waals surface area contributed by atoms with Crippen molar-refractivity contribution in [2.75, 3.05) is 5.32 Å². The third-order valence-corrected chi connectivity index (χ3v) is 2.14. The Bertz CT molecular complexity index is 507. The number of amides is 1. The van der Waals surface area contributed by atoms with Crippen molar-refractivity contribution in [3.63, 3.8) is 0 Å². The Morgan fingerprint density at radius 2 is 2.35 bits per heavy atom. The molecule has 1 heterocycles. The van der Waals surface area contributed by atoms with Crippen LogP contribution in [0.15, 0.2) is 30.6 Å². The molecule has 88 valence electrons. The van der Waals surface area contributed by atoms with Crippen molar-refractivity contribution in [2.24, 2.45) is 5.73 Å². The SMILES string of the molecule is C[C@@H](N)C(=O)Nc1cccc(-n2cnnn2)c1. The first-order chi connectivity index (χ1) is 8.16. The molecule has 7 nitrogen and oxygen atoms in total. The van der Waals surface area contributed by atoms with Crippen molar-refractivity contribution < 1.29 is 4.79 Å². The van der Waals surface area contributed by atoms with Gasteiger partial charge in [0.25, 0.3) is 0 Å². The summed E-state index contributed by atoms with van der Waals surface area (Å²) in [7, 11) is 0. The number of carbonyl (C=O) groups is 1. The largest absolute Gasteiger partial charge is 0.325 e. The molecule has 1 aromatic heterocycles. The standard InChI is InChI=1S/C10H12N6O/c1-7(11)10(17)13-8-3-2-4-9(5-8)16-6-12-14-15-16/h2-7H,11H2,1H3,(H,13,17)/t7-/m1/s1. The molecule has 17 heavy (non-hydrogen) atoms. The van der Waals surface area contributed by atoms with Gasteiger partial charge in [-0.15, -0.1) is 5.10 Å². The zero-order valence-electron chi connectivity index (χ0n) is 9.24. The smallest absolute Gasteiger partial charge is 0.240 e. The summed E-state index contributed by atoms with van der Waals surface area (Å²) in [6, 6.07) is 6.61. The molecule has 0 aliphatic heterocycles. The van der Waals surface area contributed by atoms with E-state index < -0.39 is 6.04 Å². The number of carbonyl (C=O) groups excluding carboxylic acids is 1. The lowest BCUT2D eigenvalue weighted by atomic mass is 10.2. The van der Waals surface area contributed by atoms with Crippen LogP contribution in [0, 0.1) is 0 Å². The molecule has 7 heteroatoms. The van der Waals surface area contributed by atoms with E-state index in [4.69, 9.17) is 5.73 Å². The summed E-state index contributed by atoms with van der Waals surface area (Å²) in [6.45, 7) is 1.63. The van der Waals surface area contributed by atoms with Crippen molar-refractivity contribution >= 4 is 11.6 Å². The van der Waals surface area contributed by atoms with E-state index in [9.17, 15) is 4.79 Å². The first-order valence-corrected chi connectivity index (χ1v) is 5.06. The molecule has 1 aromatic carbocycles. The van der Waals surface area contributed by atoms with Gasteiger partial charge in [-0.1, -0.05) is 6.07 Å². The van der Waals surface area contributed by atoms with Gasteiger partial charge in [-0.2, -0.15) is 0 Å². The number of nitrogens with zero attached hydrogens (tertiary/aromatic N) is 4. The van der Waals surface area contributed by atoms with E-state index in [0.29, 0.717) is 5.69 Å². The lowest BCUT2D eigenvalue weighted by molar-refractivity contribution is -0.117. The molecular weight excluding hydrogens is 220 g/mol. The summed E-state index contributed by atoms with van der Waals surface area (Å²) in [5.41, 5.74) is 6.88. The van der Waals surface area contributed by atoms with Crippen LogP contribution in [-0.4, -0.2) is 32.2 Å². The number of tetrazole rings is 1. The summed E-state index contributed by atoms with van der Waals surface area (Å²) in [6.07, 6.45) is 1.48. The molecule has 3 N–H and O–H groups in total. The van der Waals surface area contributed by atoms with Gasteiger partial charge in [0.15, 0.2) is 0 Å². The average Bonchev–Trinajstić information content (AvgIpc) is 2.82. The van der Waals surface area contributed by atoms with Gasteiger partial charge in [0, 0.05) is 5.69 Å². The molecule has 1 amide bonds. The van der Waals surface area contributed by atoms with Gasteiger partial charge in [0.2, 0.25) is 5.91 Å². The molecule has 0 fully saturated rings. The van der Waals surface area contributed by atoms with Crippen LogP contribution in [0.5, 0.6) is 0 Å². The van der Waals surface area contributed by atoms with E-state index >= 15 is 0 Å². The molecule has 0 spiro atoms. The fourth-order valence-electron chi connectivity index (χ4n) is 1.26. The van der Waals surface area contributed by atoms with Gasteiger partial charge in [-0.25, -0.2) is 4.68 Å². The van der Waals surface area contributed by atoms with E-state index in [1.165, 1.54) is 11.0 Å². The van der Waals surface area contributed by atoms with Gasteiger partial charge in [0.1, 0.15) is 6.33 Å². The molecular formula is C10H12N6O. The minimum absolute atomic E-state index is 0.237. The third-order valence-electron chi connectivity index (χ3n) is 2.14. The van der Waals surface area contributed by atoms with Crippen molar-refractivity contribution in [3.05, 3.63) is 30.6 Å². The van der Waals surface area contributed by atoms with Crippen molar-refractivity contribution in [1.82, 2.24) is 20.2 Å². The van der Waals surface area contributed by atoms with Crippen LogP contribution in [0.4, 0.5) is 5.69 Å². The zero-order valence-corrected chi connectivity index (χ0v) is 9.24. The molecule has 0 unspecified atom stereocenters. The second-order valence-electron chi connectivity index (χ2n) is 3.58. The molecule has 2 rings (SSSR count). The molecule has 0 saturated heterocycles. The van der Waals surface area contributed by atoms with Crippen LogP contribution < -0.4 is 11.1 Å². The minimum atomic E-state index is -0.549. The summed E-state index contributed by atoms with van der Waals surface area (Å²) in [5.74, 6) is -0.237. The van der Waals surface area contributed by atoms with Crippen LogP contribution in [0.3, 0.4) is 0 Å². The van der Waals surface area contributed by atoms with Crippen molar-refractivity contribution in [1.29, 1.82) is 0 Å². The predicted octanol–water partition coefficient (Wildman–Crippen LogP) is -0.0520. The Hall–Kier alpha value is -2.28. The van der Waals surface area contributed by atoms with Crippen LogP contribution in [0.25, 0.3) is 5.69 Å². The number of hydrogen-bond acceptors (Lipinski definition) is 5. The van der Waals surface area contributed by atoms with Crippen LogP contribution in [0.2, 0.25) is 0 Å². The molecule has 1 atom stereocenters. The molecule has 0 bridgehead atoms. The van der Waals surface area contributed by atoms with E-state index in [0.717, 1.165) is 5.69 Å². The highest BCUT2D eigenvalue weighted by molar-refractivity contribution is 5.94. The number of nitrogens with one attached hydrogen (secondary N) is 1.